The van der Waals surface area contributed by atoms with E-state index in [2.05, 4.69) is 31.2 Å². The Morgan fingerprint density at radius 1 is 0.968 bits per heavy atom. The Balaban J connectivity index is 1.34. The molecule has 0 bridgehead atoms. The van der Waals surface area contributed by atoms with E-state index in [1.54, 1.807) is 27.8 Å². The molecular formula is C25H28N2O2S2. The molecule has 2 heterocycles. The van der Waals surface area contributed by atoms with Crippen LogP contribution >= 0.6 is 11.3 Å². The van der Waals surface area contributed by atoms with Crippen LogP contribution in [0, 0.1) is 6.92 Å². The van der Waals surface area contributed by atoms with Crippen LogP contribution in [-0.2, 0) is 23.0 Å². The van der Waals surface area contributed by atoms with E-state index >= 15 is 0 Å². The molecule has 1 aromatic heterocycles. The Bertz CT molecular complexity index is 1160. The summed E-state index contributed by atoms with van der Waals surface area (Å²) in [5.41, 5.74) is 4.64. The Morgan fingerprint density at radius 2 is 1.68 bits per heavy atom. The second-order valence-electron chi connectivity index (χ2n) is 8.75. The van der Waals surface area contributed by atoms with Gasteiger partial charge in [-0.3, -0.25) is 0 Å². The molecule has 5 rings (SSSR count). The predicted molar refractivity (Wildman–Crippen MR) is 126 cm³/mol. The number of hydrogen-bond acceptors (Lipinski definition) is 4. The van der Waals surface area contributed by atoms with Gasteiger partial charge >= 0.3 is 0 Å². The highest BCUT2D eigenvalue weighted by atomic mass is 32.2. The van der Waals surface area contributed by atoms with Gasteiger partial charge in [-0.25, -0.2) is 13.4 Å². The number of aromatic nitrogens is 1. The topological polar surface area (TPSA) is 50.3 Å². The predicted octanol–water partition coefficient (Wildman–Crippen LogP) is 5.91. The van der Waals surface area contributed by atoms with Crippen molar-refractivity contribution in [3.8, 4) is 10.6 Å². The maximum atomic E-state index is 13.3. The molecule has 1 saturated carbocycles. The lowest BCUT2D eigenvalue weighted by Gasteiger charge is -2.26. The van der Waals surface area contributed by atoms with Crippen LogP contribution in [0.15, 0.2) is 53.4 Å². The minimum Gasteiger partial charge on any atom is -0.241 e. The lowest BCUT2D eigenvalue weighted by Crippen LogP contribution is -2.35. The van der Waals surface area contributed by atoms with Crippen LogP contribution < -0.4 is 0 Å². The van der Waals surface area contributed by atoms with Gasteiger partial charge in [0.05, 0.1) is 17.1 Å². The van der Waals surface area contributed by atoms with Crippen LogP contribution in [0.2, 0.25) is 0 Å². The summed E-state index contributed by atoms with van der Waals surface area (Å²) in [4.78, 5) is 6.26. The van der Waals surface area contributed by atoms with Crippen molar-refractivity contribution in [3.63, 3.8) is 0 Å². The zero-order valence-electron chi connectivity index (χ0n) is 17.9. The fourth-order valence-corrected chi connectivity index (χ4v) is 7.31. The molecule has 0 amide bonds. The van der Waals surface area contributed by atoms with Crippen LogP contribution in [0.25, 0.3) is 10.6 Å². The van der Waals surface area contributed by atoms with Gasteiger partial charge in [-0.1, -0.05) is 61.2 Å². The summed E-state index contributed by atoms with van der Waals surface area (Å²) >= 11 is 1.61. The van der Waals surface area contributed by atoms with E-state index in [4.69, 9.17) is 4.98 Å². The first-order valence-corrected chi connectivity index (χ1v) is 13.4. The van der Waals surface area contributed by atoms with Crippen molar-refractivity contribution in [1.82, 2.24) is 9.29 Å². The minimum atomic E-state index is -3.50. The Morgan fingerprint density at radius 3 is 2.39 bits per heavy atom. The maximum absolute atomic E-state index is 13.3. The molecule has 2 aliphatic rings. The largest absolute Gasteiger partial charge is 0.243 e. The van der Waals surface area contributed by atoms with E-state index in [0.717, 1.165) is 21.1 Å². The van der Waals surface area contributed by atoms with Crippen molar-refractivity contribution in [2.24, 2.45) is 0 Å². The Hall–Kier alpha value is -2.02. The average Bonchev–Trinajstić information content (AvgIpc) is 3.24. The molecule has 2 aromatic carbocycles. The molecule has 1 aliphatic carbocycles. The molecule has 0 N–H and O–H groups in total. The maximum Gasteiger partial charge on any atom is 0.243 e. The van der Waals surface area contributed by atoms with Gasteiger partial charge < -0.3 is 0 Å². The monoisotopic (exact) mass is 452 g/mol. The number of benzene rings is 2. The second kappa shape index (κ2) is 8.49. The van der Waals surface area contributed by atoms with E-state index in [-0.39, 0.29) is 0 Å². The van der Waals surface area contributed by atoms with Gasteiger partial charge in [-0.15, -0.1) is 11.3 Å². The molecular weight excluding hydrogens is 424 g/mol. The lowest BCUT2D eigenvalue weighted by atomic mass is 9.84. The number of sulfonamides is 1. The third-order valence-electron chi connectivity index (χ3n) is 6.59. The van der Waals surface area contributed by atoms with Crippen LogP contribution in [0.4, 0.5) is 0 Å². The van der Waals surface area contributed by atoms with Gasteiger partial charge in [0.15, 0.2) is 0 Å². The molecule has 0 unspecified atom stereocenters. The number of thiazole rings is 1. The van der Waals surface area contributed by atoms with Crippen molar-refractivity contribution < 1.29 is 8.42 Å². The SMILES string of the molecule is Cc1ccc(-c2nc3c(s2)CN(S(=O)(=O)c2ccc(C4CCCCC4)cc2)CC3)cc1. The molecule has 0 atom stereocenters. The lowest BCUT2D eigenvalue weighted by molar-refractivity contribution is 0.393. The molecule has 162 valence electrons. The summed E-state index contributed by atoms with van der Waals surface area (Å²) in [6.07, 6.45) is 6.98. The first-order chi connectivity index (χ1) is 15.0. The Labute approximate surface area is 189 Å². The first-order valence-electron chi connectivity index (χ1n) is 11.2. The van der Waals surface area contributed by atoms with Crippen molar-refractivity contribution >= 4 is 21.4 Å². The summed E-state index contributed by atoms with van der Waals surface area (Å²) in [6.45, 7) is 2.96. The van der Waals surface area contributed by atoms with E-state index in [0.29, 0.717) is 30.3 Å². The number of rotatable bonds is 4. The minimum absolute atomic E-state index is 0.402. The molecule has 0 radical (unpaired) electrons. The Kier molecular flexibility index (Phi) is 5.71. The van der Waals surface area contributed by atoms with Crippen molar-refractivity contribution in [1.29, 1.82) is 0 Å². The van der Waals surface area contributed by atoms with Crippen LogP contribution in [0.3, 0.4) is 0 Å². The standard InChI is InChI=1S/C25H28N2O2S2/c1-18-7-9-21(10-8-18)25-26-23-15-16-27(17-24(23)30-25)31(28,29)22-13-11-20(12-14-22)19-5-3-2-4-6-19/h7-14,19H,2-6,15-17H2,1H3. The van der Waals surface area contributed by atoms with Crippen molar-refractivity contribution in [2.75, 3.05) is 6.54 Å². The smallest absolute Gasteiger partial charge is 0.241 e. The zero-order chi connectivity index (χ0) is 21.4. The fraction of sp³-hybridized carbons (Fsp3) is 0.400. The third kappa shape index (κ3) is 4.21. The molecule has 1 aliphatic heterocycles. The van der Waals surface area contributed by atoms with Crippen molar-refractivity contribution in [2.45, 2.75) is 62.8 Å². The fourth-order valence-electron chi connectivity index (χ4n) is 4.69. The summed E-state index contributed by atoms with van der Waals surface area (Å²) in [5, 5.41) is 0.973. The van der Waals surface area contributed by atoms with Gasteiger partial charge in [0.1, 0.15) is 5.01 Å². The average molecular weight is 453 g/mol. The van der Waals surface area contributed by atoms with Crippen molar-refractivity contribution in [3.05, 3.63) is 70.2 Å². The summed E-state index contributed by atoms with van der Waals surface area (Å²) in [7, 11) is -3.50. The molecule has 0 spiro atoms. The number of nitrogens with zero attached hydrogens (tertiary/aromatic N) is 2. The van der Waals surface area contributed by atoms with E-state index in [1.165, 1.54) is 43.2 Å². The van der Waals surface area contributed by atoms with Crippen LogP contribution in [-0.4, -0.2) is 24.3 Å². The van der Waals surface area contributed by atoms with Gasteiger partial charge in [-0.2, -0.15) is 4.31 Å². The van der Waals surface area contributed by atoms with Crippen LogP contribution in [0.5, 0.6) is 0 Å². The molecule has 4 nitrogen and oxygen atoms in total. The summed E-state index contributed by atoms with van der Waals surface area (Å²) in [6, 6.07) is 16.0. The van der Waals surface area contributed by atoms with E-state index < -0.39 is 10.0 Å². The van der Waals surface area contributed by atoms with Gasteiger partial charge in [0.2, 0.25) is 10.0 Å². The molecule has 6 heteroatoms. The highest BCUT2D eigenvalue weighted by Gasteiger charge is 2.30. The van der Waals surface area contributed by atoms with E-state index in [9.17, 15) is 8.42 Å². The van der Waals surface area contributed by atoms with Gasteiger partial charge in [0, 0.05) is 23.4 Å². The highest BCUT2D eigenvalue weighted by Crippen LogP contribution is 2.35. The third-order valence-corrected chi connectivity index (χ3v) is 9.58. The molecule has 0 saturated heterocycles. The quantitative estimate of drug-likeness (QED) is 0.494. The summed E-state index contributed by atoms with van der Waals surface area (Å²) in [5.74, 6) is 0.584. The first kappa shape index (κ1) is 20.9. The summed E-state index contributed by atoms with van der Waals surface area (Å²) < 4.78 is 28.2. The molecule has 31 heavy (non-hydrogen) atoms. The van der Waals surface area contributed by atoms with E-state index in [1.807, 2.05) is 12.1 Å². The second-order valence-corrected chi connectivity index (χ2v) is 11.8. The number of aryl methyl sites for hydroxylation is 1. The zero-order valence-corrected chi connectivity index (χ0v) is 19.5. The number of fused-ring (bicyclic) bond motifs is 1. The van der Waals surface area contributed by atoms with Gasteiger partial charge in [0.25, 0.3) is 0 Å². The highest BCUT2D eigenvalue weighted by molar-refractivity contribution is 7.89. The normalized spacial score (nSPS) is 18.1. The number of hydrogen-bond donors (Lipinski definition) is 0. The molecule has 1 fully saturated rings. The van der Waals surface area contributed by atoms with Gasteiger partial charge in [-0.05, 0) is 43.4 Å². The molecule has 3 aromatic rings. The van der Waals surface area contributed by atoms with Crippen LogP contribution in [0.1, 0.15) is 59.7 Å².